The van der Waals surface area contributed by atoms with Gasteiger partial charge in [-0.2, -0.15) is 0 Å². The van der Waals surface area contributed by atoms with E-state index in [1.165, 1.54) is 0 Å². The fraction of sp³-hybridized carbons (Fsp3) is 0.714. The molecule has 1 aromatic rings. The van der Waals surface area contributed by atoms with Crippen LogP contribution < -0.4 is 10.6 Å². The predicted molar refractivity (Wildman–Crippen MR) is 81.9 cm³/mol. The molecule has 0 aliphatic heterocycles. The molecule has 0 amide bonds. The van der Waals surface area contributed by atoms with E-state index in [2.05, 4.69) is 67.3 Å². The molecule has 0 fully saturated rings. The van der Waals surface area contributed by atoms with Crippen LogP contribution in [0.4, 0.5) is 11.6 Å². The molecule has 0 saturated carbocycles. The molecule has 1 rings (SSSR count). The van der Waals surface area contributed by atoms with Crippen LogP contribution in [0.3, 0.4) is 0 Å². The van der Waals surface area contributed by atoms with Gasteiger partial charge >= 0.3 is 0 Å². The number of hydrogen-bond acceptors (Lipinski definition) is 5. The molecular weight excluding hydrogens is 238 g/mol. The topological polar surface area (TPSA) is 53.1 Å². The molecule has 5 heteroatoms. The lowest BCUT2D eigenvalue weighted by molar-refractivity contribution is 0.326. The minimum Gasteiger partial charge on any atom is -0.370 e. The van der Waals surface area contributed by atoms with Crippen LogP contribution in [0.1, 0.15) is 39.4 Å². The molecule has 0 aromatic carbocycles. The number of hydrogen-bond donors (Lipinski definition) is 2. The van der Waals surface area contributed by atoms with Crippen LogP contribution in [-0.2, 0) is 0 Å². The Hall–Kier alpha value is -1.36. The van der Waals surface area contributed by atoms with Crippen molar-refractivity contribution in [2.45, 2.75) is 39.7 Å². The quantitative estimate of drug-likeness (QED) is 0.793. The van der Waals surface area contributed by atoms with Crippen LogP contribution in [0.25, 0.3) is 0 Å². The first-order chi connectivity index (χ1) is 8.93. The summed E-state index contributed by atoms with van der Waals surface area (Å²) in [7, 11) is 4.16. The molecule has 19 heavy (non-hydrogen) atoms. The summed E-state index contributed by atoms with van der Waals surface area (Å²) >= 11 is 0. The second-order valence-corrected chi connectivity index (χ2v) is 5.38. The summed E-state index contributed by atoms with van der Waals surface area (Å²) < 4.78 is 0. The summed E-state index contributed by atoms with van der Waals surface area (Å²) in [5.41, 5.74) is 0. The lowest BCUT2D eigenvalue weighted by Gasteiger charge is -2.20. The second kappa shape index (κ2) is 7.28. The van der Waals surface area contributed by atoms with Gasteiger partial charge in [-0.15, -0.1) is 0 Å². The van der Waals surface area contributed by atoms with Crippen molar-refractivity contribution in [3.05, 3.63) is 11.9 Å². The summed E-state index contributed by atoms with van der Waals surface area (Å²) in [4.78, 5) is 11.3. The van der Waals surface area contributed by atoms with E-state index >= 15 is 0 Å². The molecule has 0 aliphatic carbocycles. The third kappa shape index (κ3) is 5.03. The fourth-order valence-electron chi connectivity index (χ4n) is 1.52. The molecule has 5 nitrogen and oxygen atoms in total. The lowest BCUT2D eigenvalue weighted by atomic mass is 10.2. The molecule has 0 radical (unpaired) electrons. The van der Waals surface area contributed by atoms with Crippen molar-refractivity contribution < 1.29 is 0 Å². The van der Waals surface area contributed by atoms with Crippen LogP contribution in [0, 0.1) is 0 Å². The van der Waals surface area contributed by atoms with Crippen LogP contribution in [-0.4, -0.2) is 48.1 Å². The van der Waals surface area contributed by atoms with Gasteiger partial charge < -0.3 is 15.5 Å². The summed E-state index contributed by atoms with van der Waals surface area (Å²) in [5.74, 6) is 2.98. The van der Waals surface area contributed by atoms with Gasteiger partial charge in [-0.3, -0.25) is 0 Å². The predicted octanol–water partition coefficient (Wildman–Crippen LogP) is 2.39. The zero-order valence-electron chi connectivity index (χ0n) is 13.0. The Bertz CT molecular complexity index is 389. The van der Waals surface area contributed by atoms with E-state index in [9.17, 15) is 0 Å². The van der Waals surface area contributed by atoms with Gasteiger partial charge in [0.25, 0.3) is 0 Å². The zero-order valence-corrected chi connectivity index (χ0v) is 13.0. The van der Waals surface area contributed by atoms with Crippen molar-refractivity contribution in [2.75, 3.05) is 37.8 Å². The van der Waals surface area contributed by atoms with E-state index in [4.69, 9.17) is 0 Å². The molecule has 0 aliphatic rings. The van der Waals surface area contributed by atoms with Crippen molar-refractivity contribution in [3.8, 4) is 0 Å². The second-order valence-electron chi connectivity index (χ2n) is 5.38. The van der Waals surface area contributed by atoms with E-state index in [0.717, 1.165) is 30.5 Å². The van der Waals surface area contributed by atoms with Crippen molar-refractivity contribution in [1.29, 1.82) is 0 Å². The summed E-state index contributed by atoms with van der Waals surface area (Å²) in [6.07, 6.45) is 0. The van der Waals surface area contributed by atoms with Gasteiger partial charge in [0.15, 0.2) is 0 Å². The van der Waals surface area contributed by atoms with Gasteiger partial charge in [0.1, 0.15) is 17.5 Å². The highest BCUT2D eigenvalue weighted by Crippen LogP contribution is 2.17. The number of anilines is 2. The Morgan fingerprint density at radius 1 is 1.11 bits per heavy atom. The number of nitrogens with one attached hydrogen (secondary N) is 2. The van der Waals surface area contributed by atoms with E-state index in [1.807, 2.05) is 6.07 Å². The molecule has 108 valence electrons. The average molecular weight is 265 g/mol. The number of rotatable bonds is 7. The maximum absolute atomic E-state index is 4.57. The molecule has 1 heterocycles. The highest BCUT2D eigenvalue weighted by atomic mass is 15.1. The SMILES string of the molecule is CCNc1cc(NCC(C)N(C)C)nc(C(C)C)n1. The van der Waals surface area contributed by atoms with Gasteiger partial charge in [-0.1, -0.05) is 13.8 Å². The van der Waals surface area contributed by atoms with Gasteiger partial charge in [-0.05, 0) is 27.9 Å². The van der Waals surface area contributed by atoms with Crippen molar-refractivity contribution in [1.82, 2.24) is 14.9 Å². The smallest absolute Gasteiger partial charge is 0.135 e. The Labute approximate surface area is 116 Å². The molecule has 0 saturated heterocycles. The third-order valence-electron chi connectivity index (χ3n) is 3.08. The summed E-state index contributed by atoms with van der Waals surface area (Å²) in [6.45, 7) is 10.2. The first-order valence-electron chi connectivity index (χ1n) is 6.97. The molecular formula is C14H27N5. The Kier molecular flexibility index (Phi) is 6.02. The van der Waals surface area contributed by atoms with Gasteiger partial charge in [0.2, 0.25) is 0 Å². The van der Waals surface area contributed by atoms with E-state index in [-0.39, 0.29) is 0 Å². The minimum absolute atomic E-state index is 0.324. The number of nitrogens with zero attached hydrogens (tertiary/aromatic N) is 3. The van der Waals surface area contributed by atoms with Gasteiger partial charge in [0.05, 0.1) is 0 Å². The molecule has 1 unspecified atom stereocenters. The van der Waals surface area contributed by atoms with E-state index in [1.54, 1.807) is 0 Å². The molecule has 0 bridgehead atoms. The highest BCUT2D eigenvalue weighted by molar-refractivity contribution is 5.47. The maximum atomic E-state index is 4.57. The summed E-state index contributed by atoms with van der Waals surface area (Å²) in [6, 6.07) is 2.43. The van der Waals surface area contributed by atoms with Crippen molar-refractivity contribution >= 4 is 11.6 Å². The minimum atomic E-state index is 0.324. The largest absolute Gasteiger partial charge is 0.370 e. The Balaban J connectivity index is 2.81. The normalized spacial score (nSPS) is 12.8. The van der Waals surface area contributed by atoms with Crippen LogP contribution in [0.2, 0.25) is 0 Å². The number of aromatic nitrogens is 2. The highest BCUT2D eigenvalue weighted by Gasteiger charge is 2.09. The molecule has 2 N–H and O–H groups in total. The van der Waals surface area contributed by atoms with Crippen LogP contribution in [0.15, 0.2) is 6.07 Å². The molecule has 0 spiro atoms. The van der Waals surface area contributed by atoms with E-state index < -0.39 is 0 Å². The third-order valence-corrected chi connectivity index (χ3v) is 3.08. The van der Waals surface area contributed by atoms with Crippen molar-refractivity contribution in [3.63, 3.8) is 0 Å². The van der Waals surface area contributed by atoms with Crippen LogP contribution >= 0.6 is 0 Å². The van der Waals surface area contributed by atoms with Gasteiger partial charge in [-0.25, -0.2) is 9.97 Å². The zero-order chi connectivity index (χ0) is 14.4. The molecule has 1 aromatic heterocycles. The Morgan fingerprint density at radius 2 is 1.68 bits per heavy atom. The summed E-state index contributed by atoms with van der Waals surface area (Å²) in [5, 5.41) is 6.64. The van der Waals surface area contributed by atoms with E-state index in [0.29, 0.717) is 12.0 Å². The average Bonchev–Trinajstić information content (AvgIpc) is 2.35. The fourth-order valence-corrected chi connectivity index (χ4v) is 1.52. The lowest BCUT2D eigenvalue weighted by Crippen LogP contribution is -2.31. The van der Waals surface area contributed by atoms with Crippen LogP contribution in [0.5, 0.6) is 0 Å². The first-order valence-corrected chi connectivity index (χ1v) is 6.97. The van der Waals surface area contributed by atoms with Gasteiger partial charge in [0, 0.05) is 31.1 Å². The monoisotopic (exact) mass is 265 g/mol. The maximum Gasteiger partial charge on any atom is 0.135 e. The number of likely N-dealkylation sites (N-methyl/N-ethyl adjacent to an activating group) is 1. The van der Waals surface area contributed by atoms with Crippen molar-refractivity contribution in [2.24, 2.45) is 0 Å². The first kappa shape index (κ1) is 15.7. The standard InChI is InChI=1S/C14H27N5/c1-7-15-12-8-13(16-9-11(4)19(5)6)18-14(17-12)10(2)3/h8,10-11H,7,9H2,1-6H3,(H2,15,16,17,18). The molecule has 1 atom stereocenters. The Morgan fingerprint density at radius 3 is 2.16 bits per heavy atom.